The zero-order valence-electron chi connectivity index (χ0n) is 12.1. The van der Waals surface area contributed by atoms with Crippen molar-refractivity contribution in [3.05, 3.63) is 29.8 Å². The van der Waals surface area contributed by atoms with Gasteiger partial charge in [0.05, 0.1) is 11.5 Å². The second-order valence-corrected chi connectivity index (χ2v) is 7.85. The maximum absolute atomic E-state index is 11.7. The maximum atomic E-state index is 11.7. The van der Waals surface area contributed by atoms with Gasteiger partial charge in [-0.05, 0) is 37.1 Å². The number of nitrogens with two attached hydrogens (primary N) is 1. The number of sulfone groups is 1. The standard InChI is InChI=1S/C15H24N2O2S/c1-2-3-9-17(15-8-10-20(18,19)12-15)11-13-4-6-14(16)7-5-13/h4-7,15H,2-3,8-12,16H2,1H3/t15-/m0/s1. The van der Waals surface area contributed by atoms with Crippen LogP contribution in [0.3, 0.4) is 0 Å². The van der Waals surface area contributed by atoms with Crippen LogP contribution < -0.4 is 5.73 Å². The topological polar surface area (TPSA) is 63.4 Å². The SMILES string of the molecule is CCCCN(Cc1ccc(N)cc1)[C@H]1CCS(=O)(=O)C1. The summed E-state index contributed by atoms with van der Waals surface area (Å²) in [7, 11) is -2.83. The highest BCUT2D eigenvalue weighted by Crippen LogP contribution is 2.21. The van der Waals surface area contributed by atoms with Gasteiger partial charge in [0, 0.05) is 18.3 Å². The van der Waals surface area contributed by atoms with Crippen LogP contribution in [0.5, 0.6) is 0 Å². The summed E-state index contributed by atoms with van der Waals surface area (Å²) in [6, 6.07) is 8.02. The van der Waals surface area contributed by atoms with Crippen LogP contribution in [0.4, 0.5) is 5.69 Å². The summed E-state index contributed by atoms with van der Waals surface area (Å²) in [6.45, 7) is 3.92. The molecule has 1 aliphatic heterocycles. The van der Waals surface area contributed by atoms with Gasteiger partial charge in [0.1, 0.15) is 0 Å². The van der Waals surface area contributed by atoms with Crippen molar-refractivity contribution in [1.29, 1.82) is 0 Å². The van der Waals surface area contributed by atoms with Crippen molar-refractivity contribution in [3.63, 3.8) is 0 Å². The van der Waals surface area contributed by atoms with E-state index in [-0.39, 0.29) is 6.04 Å². The van der Waals surface area contributed by atoms with Crippen LogP contribution in [0.1, 0.15) is 31.7 Å². The van der Waals surface area contributed by atoms with Crippen molar-refractivity contribution in [2.75, 3.05) is 23.8 Å². The highest BCUT2D eigenvalue weighted by atomic mass is 32.2. The van der Waals surface area contributed by atoms with Crippen LogP contribution in [0.15, 0.2) is 24.3 Å². The summed E-state index contributed by atoms with van der Waals surface area (Å²) in [5.41, 5.74) is 7.66. The molecule has 1 aromatic rings. The molecule has 0 amide bonds. The van der Waals surface area contributed by atoms with Crippen LogP contribution >= 0.6 is 0 Å². The van der Waals surface area contributed by atoms with Gasteiger partial charge in [-0.15, -0.1) is 0 Å². The molecule has 20 heavy (non-hydrogen) atoms. The van der Waals surface area contributed by atoms with Gasteiger partial charge in [-0.1, -0.05) is 25.5 Å². The van der Waals surface area contributed by atoms with E-state index in [0.29, 0.717) is 11.5 Å². The first-order valence-electron chi connectivity index (χ1n) is 7.29. The van der Waals surface area contributed by atoms with Crippen LogP contribution in [0.25, 0.3) is 0 Å². The third-order valence-electron chi connectivity index (χ3n) is 3.89. The molecule has 1 saturated heterocycles. The molecule has 0 aromatic heterocycles. The lowest BCUT2D eigenvalue weighted by Gasteiger charge is -2.28. The predicted molar refractivity (Wildman–Crippen MR) is 83.2 cm³/mol. The quantitative estimate of drug-likeness (QED) is 0.816. The summed E-state index contributed by atoms with van der Waals surface area (Å²) in [4.78, 5) is 2.32. The maximum Gasteiger partial charge on any atom is 0.151 e. The van der Waals surface area contributed by atoms with Gasteiger partial charge in [-0.3, -0.25) is 4.90 Å². The van der Waals surface area contributed by atoms with Crippen molar-refractivity contribution >= 4 is 15.5 Å². The molecule has 0 spiro atoms. The summed E-state index contributed by atoms with van der Waals surface area (Å²) in [6.07, 6.45) is 2.99. The summed E-state index contributed by atoms with van der Waals surface area (Å²) in [5.74, 6) is 0.647. The average molecular weight is 296 g/mol. The van der Waals surface area contributed by atoms with E-state index in [2.05, 4.69) is 11.8 Å². The molecular formula is C15H24N2O2S. The Bertz CT molecular complexity index is 525. The molecule has 2 N–H and O–H groups in total. The number of nitrogens with zero attached hydrogens (tertiary/aromatic N) is 1. The zero-order chi connectivity index (χ0) is 14.6. The fraction of sp³-hybridized carbons (Fsp3) is 0.600. The Balaban J connectivity index is 2.05. The number of anilines is 1. The van der Waals surface area contributed by atoms with Gasteiger partial charge in [0.15, 0.2) is 9.84 Å². The number of hydrogen-bond acceptors (Lipinski definition) is 4. The average Bonchev–Trinajstić information content (AvgIpc) is 2.77. The number of unbranched alkanes of at least 4 members (excludes halogenated alkanes) is 1. The Labute approximate surface area is 121 Å². The molecule has 2 rings (SSSR count). The molecule has 1 atom stereocenters. The first-order valence-corrected chi connectivity index (χ1v) is 9.11. The molecule has 1 aromatic carbocycles. The molecule has 0 radical (unpaired) electrons. The van der Waals surface area contributed by atoms with E-state index in [1.54, 1.807) is 0 Å². The number of nitrogen functional groups attached to an aromatic ring is 1. The van der Waals surface area contributed by atoms with Crippen molar-refractivity contribution in [2.24, 2.45) is 0 Å². The molecular weight excluding hydrogens is 272 g/mol. The second-order valence-electron chi connectivity index (χ2n) is 5.62. The highest BCUT2D eigenvalue weighted by Gasteiger charge is 2.31. The van der Waals surface area contributed by atoms with E-state index in [9.17, 15) is 8.42 Å². The van der Waals surface area contributed by atoms with Crippen LogP contribution in [-0.2, 0) is 16.4 Å². The lowest BCUT2D eigenvalue weighted by molar-refractivity contribution is 0.200. The van der Waals surface area contributed by atoms with Gasteiger partial charge in [0.2, 0.25) is 0 Å². The highest BCUT2D eigenvalue weighted by molar-refractivity contribution is 7.91. The minimum absolute atomic E-state index is 0.170. The number of rotatable bonds is 6. The summed E-state index contributed by atoms with van der Waals surface area (Å²) in [5, 5.41) is 0. The Morgan fingerprint density at radius 1 is 1.30 bits per heavy atom. The number of hydrogen-bond donors (Lipinski definition) is 1. The second kappa shape index (κ2) is 6.59. The Hall–Kier alpha value is -1.07. The van der Waals surface area contributed by atoms with Crippen LogP contribution in [0, 0.1) is 0 Å². The van der Waals surface area contributed by atoms with E-state index >= 15 is 0 Å². The molecule has 0 bridgehead atoms. The third-order valence-corrected chi connectivity index (χ3v) is 5.64. The van der Waals surface area contributed by atoms with Gasteiger partial charge in [0.25, 0.3) is 0 Å². The minimum Gasteiger partial charge on any atom is -0.399 e. The lowest BCUT2D eigenvalue weighted by atomic mass is 10.1. The van der Waals surface area contributed by atoms with E-state index in [0.717, 1.165) is 38.0 Å². The van der Waals surface area contributed by atoms with Gasteiger partial charge < -0.3 is 5.73 Å². The Kier molecular flexibility index (Phi) is 5.05. The van der Waals surface area contributed by atoms with Crippen molar-refractivity contribution in [1.82, 2.24) is 4.90 Å². The Morgan fingerprint density at radius 3 is 2.55 bits per heavy atom. The van der Waals surface area contributed by atoms with Gasteiger partial charge >= 0.3 is 0 Å². The molecule has 0 aliphatic carbocycles. The van der Waals surface area contributed by atoms with Crippen LogP contribution in [-0.4, -0.2) is 37.4 Å². The molecule has 0 saturated carbocycles. The first-order chi connectivity index (χ1) is 9.50. The molecule has 0 unspecified atom stereocenters. The third kappa shape index (κ3) is 4.21. The van der Waals surface area contributed by atoms with E-state index in [1.165, 1.54) is 5.56 Å². The summed E-state index contributed by atoms with van der Waals surface area (Å²) >= 11 is 0. The number of benzene rings is 1. The monoisotopic (exact) mass is 296 g/mol. The molecule has 1 fully saturated rings. The molecule has 112 valence electrons. The van der Waals surface area contributed by atoms with Crippen molar-refractivity contribution in [3.8, 4) is 0 Å². The Morgan fingerprint density at radius 2 is 2.00 bits per heavy atom. The first kappa shape index (κ1) is 15.3. The zero-order valence-corrected chi connectivity index (χ0v) is 12.9. The summed E-state index contributed by atoms with van der Waals surface area (Å²) < 4.78 is 23.3. The lowest BCUT2D eigenvalue weighted by Crippen LogP contribution is -2.36. The molecule has 1 aliphatic rings. The fourth-order valence-electron chi connectivity index (χ4n) is 2.67. The fourth-order valence-corrected chi connectivity index (χ4v) is 4.43. The smallest absolute Gasteiger partial charge is 0.151 e. The van der Waals surface area contributed by atoms with Gasteiger partial charge in [-0.2, -0.15) is 0 Å². The van der Waals surface area contributed by atoms with E-state index < -0.39 is 9.84 Å². The molecule has 1 heterocycles. The largest absolute Gasteiger partial charge is 0.399 e. The molecule has 5 heteroatoms. The van der Waals surface area contributed by atoms with E-state index in [4.69, 9.17) is 5.73 Å². The van der Waals surface area contributed by atoms with Crippen LogP contribution in [0.2, 0.25) is 0 Å². The molecule has 4 nitrogen and oxygen atoms in total. The van der Waals surface area contributed by atoms with Crippen molar-refractivity contribution in [2.45, 2.75) is 38.8 Å². The normalized spacial score (nSPS) is 21.4. The predicted octanol–water partition coefficient (Wildman–Crippen LogP) is 2.06. The minimum atomic E-state index is -2.83. The van der Waals surface area contributed by atoms with Crippen molar-refractivity contribution < 1.29 is 8.42 Å². The van der Waals surface area contributed by atoms with E-state index in [1.807, 2.05) is 24.3 Å². The van der Waals surface area contributed by atoms with Gasteiger partial charge in [-0.25, -0.2) is 8.42 Å².